The third-order valence-electron chi connectivity index (χ3n) is 4.12. The standard InChI is InChI=1S/C17H39N3/c1-7-12-17(15-18-16(5)6)20(10-4)14-11-13-19(8-2)9-3/h16-18H,7-15H2,1-6H3. The van der Waals surface area contributed by atoms with E-state index in [9.17, 15) is 0 Å². The molecule has 0 radical (unpaired) electrons. The third-order valence-corrected chi connectivity index (χ3v) is 4.12. The van der Waals surface area contributed by atoms with Crippen molar-refractivity contribution in [1.82, 2.24) is 15.1 Å². The minimum Gasteiger partial charge on any atom is -0.313 e. The summed E-state index contributed by atoms with van der Waals surface area (Å²) < 4.78 is 0. The van der Waals surface area contributed by atoms with Crippen molar-refractivity contribution in [3.05, 3.63) is 0 Å². The molecule has 122 valence electrons. The van der Waals surface area contributed by atoms with Crippen LogP contribution in [-0.2, 0) is 0 Å². The van der Waals surface area contributed by atoms with E-state index < -0.39 is 0 Å². The van der Waals surface area contributed by atoms with Gasteiger partial charge in [-0.25, -0.2) is 0 Å². The lowest BCUT2D eigenvalue weighted by atomic mass is 10.1. The highest BCUT2D eigenvalue weighted by Gasteiger charge is 2.16. The van der Waals surface area contributed by atoms with Crippen LogP contribution in [0.5, 0.6) is 0 Å². The van der Waals surface area contributed by atoms with Crippen LogP contribution in [0.1, 0.15) is 60.8 Å². The average molecular weight is 286 g/mol. The van der Waals surface area contributed by atoms with Gasteiger partial charge in [0.2, 0.25) is 0 Å². The van der Waals surface area contributed by atoms with Crippen molar-refractivity contribution in [1.29, 1.82) is 0 Å². The van der Waals surface area contributed by atoms with Crippen molar-refractivity contribution >= 4 is 0 Å². The molecule has 0 aromatic heterocycles. The zero-order chi connectivity index (χ0) is 15.4. The Kier molecular flexibility index (Phi) is 12.5. The lowest BCUT2D eigenvalue weighted by molar-refractivity contribution is 0.174. The van der Waals surface area contributed by atoms with Crippen molar-refractivity contribution < 1.29 is 0 Å². The molecule has 0 aliphatic heterocycles. The van der Waals surface area contributed by atoms with Crippen LogP contribution < -0.4 is 5.32 Å². The molecular weight excluding hydrogens is 246 g/mol. The van der Waals surface area contributed by atoms with Crippen LogP contribution in [0.4, 0.5) is 0 Å². The fraction of sp³-hybridized carbons (Fsp3) is 1.00. The molecule has 0 aliphatic rings. The molecule has 0 fully saturated rings. The van der Waals surface area contributed by atoms with Gasteiger partial charge < -0.3 is 10.2 Å². The first-order valence-corrected chi connectivity index (χ1v) is 8.78. The van der Waals surface area contributed by atoms with E-state index in [1.54, 1.807) is 0 Å². The monoisotopic (exact) mass is 285 g/mol. The Morgan fingerprint density at radius 2 is 1.55 bits per heavy atom. The largest absolute Gasteiger partial charge is 0.313 e. The number of nitrogens with one attached hydrogen (secondary N) is 1. The van der Waals surface area contributed by atoms with Crippen LogP contribution in [-0.4, -0.2) is 61.2 Å². The van der Waals surface area contributed by atoms with Crippen LogP contribution in [0.25, 0.3) is 0 Å². The first-order chi connectivity index (χ1) is 9.58. The zero-order valence-corrected chi connectivity index (χ0v) is 14.9. The maximum Gasteiger partial charge on any atom is 0.0220 e. The van der Waals surface area contributed by atoms with Crippen molar-refractivity contribution in [3.63, 3.8) is 0 Å². The zero-order valence-electron chi connectivity index (χ0n) is 14.9. The number of nitrogens with zero attached hydrogens (tertiary/aromatic N) is 2. The normalized spacial score (nSPS) is 13.7. The summed E-state index contributed by atoms with van der Waals surface area (Å²) in [7, 11) is 0. The fourth-order valence-corrected chi connectivity index (χ4v) is 2.75. The Bertz CT molecular complexity index is 202. The SMILES string of the molecule is CCCC(CNC(C)C)N(CC)CCCN(CC)CC. The van der Waals surface area contributed by atoms with Crippen molar-refractivity contribution in [2.24, 2.45) is 0 Å². The van der Waals surface area contributed by atoms with Gasteiger partial charge in [-0.3, -0.25) is 4.90 Å². The van der Waals surface area contributed by atoms with Crippen molar-refractivity contribution in [3.8, 4) is 0 Å². The van der Waals surface area contributed by atoms with Gasteiger partial charge in [0, 0.05) is 18.6 Å². The molecule has 0 aliphatic carbocycles. The van der Waals surface area contributed by atoms with Gasteiger partial charge in [0.05, 0.1) is 0 Å². The van der Waals surface area contributed by atoms with Gasteiger partial charge in [0.1, 0.15) is 0 Å². The van der Waals surface area contributed by atoms with Gasteiger partial charge in [0.15, 0.2) is 0 Å². The molecule has 1 unspecified atom stereocenters. The van der Waals surface area contributed by atoms with Crippen LogP contribution in [0, 0.1) is 0 Å². The Hall–Kier alpha value is -0.120. The van der Waals surface area contributed by atoms with Crippen LogP contribution in [0.2, 0.25) is 0 Å². The number of likely N-dealkylation sites (N-methyl/N-ethyl adjacent to an activating group) is 1. The second kappa shape index (κ2) is 12.6. The summed E-state index contributed by atoms with van der Waals surface area (Å²) >= 11 is 0. The predicted molar refractivity (Wildman–Crippen MR) is 91.5 cm³/mol. The summed E-state index contributed by atoms with van der Waals surface area (Å²) in [6.45, 7) is 20.7. The number of hydrogen-bond donors (Lipinski definition) is 1. The molecule has 0 aromatic carbocycles. The van der Waals surface area contributed by atoms with Gasteiger partial charge in [-0.05, 0) is 45.6 Å². The van der Waals surface area contributed by atoms with E-state index in [0.717, 1.165) is 6.54 Å². The van der Waals surface area contributed by atoms with E-state index in [0.29, 0.717) is 12.1 Å². The quantitative estimate of drug-likeness (QED) is 0.560. The van der Waals surface area contributed by atoms with E-state index in [1.807, 2.05) is 0 Å². The van der Waals surface area contributed by atoms with Crippen LogP contribution in [0.3, 0.4) is 0 Å². The first kappa shape index (κ1) is 19.9. The Labute approximate surface area is 128 Å². The first-order valence-electron chi connectivity index (χ1n) is 8.78. The third kappa shape index (κ3) is 8.93. The van der Waals surface area contributed by atoms with E-state index in [2.05, 4.69) is 56.7 Å². The number of hydrogen-bond acceptors (Lipinski definition) is 3. The molecule has 3 heteroatoms. The van der Waals surface area contributed by atoms with Crippen molar-refractivity contribution in [2.75, 3.05) is 39.3 Å². The molecule has 0 rings (SSSR count). The minimum absolute atomic E-state index is 0.587. The summed E-state index contributed by atoms with van der Waals surface area (Å²) in [5.74, 6) is 0. The highest BCUT2D eigenvalue weighted by Crippen LogP contribution is 2.08. The highest BCUT2D eigenvalue weighted by atomic mass is 15.2. The summed E-state index contributed by atoms with van der Waals surface area (Å²) in [5.41, 5.74) is 0. The Morgan fingerprint density at radius 1 is 0.900 bits per heavy atom. The predicted octanol–water partition coefficient (Wildman–Crippen LogP) is 3.21. The molecule has 0 amide bonds. The van der Waals surface area contributed by atoms with Gasteiger partial charge in [-0.1, -0.05) is 48.0 Å². The molecule has 1 atom stereocenters. The topological polar surface area (TPSA) is 18.5 Å². The summed E-state index contributed by atoms with van der Waals surface area (Å²) in [6.07, 6.45) is 3.87. The molecular formula is C17H39N3. The molecule has 0 spiro atoms. The van der Waals surface area contributed by atoms with Crippen LogP contribution >= 0.6 is 0 Å². The second-order valence-electron chi connectivity index (χ2n) is 6.01. The van der Waals surface area contributed by atoms with E-state index in [1.165, 1.54) is 52.0 Å². The molecule has 0 aromatic rings. The van der Waals surface area contributed by atoms with E-state index in [4.69, 9.17) is 0 Å². The molecule has 3 nitrogen and oxygen atoms in total. The lowest BCUT2D eigenvalue weighted by Crippen LogP contribution is -2.45. The minimum atomic E-state index is 0.587. The summed E-state index contributed by atoms with van der Waals surface area (Å²) in [4.78, 5) is 5.19. The molecule has 20 heavy (non-hydrogen) atoms. The highest BCUT2D eigenvalue weighted by molar-refractivity contribution is 4.74. The Balaban J connectivity index is 4.20. The van der Waals surface area contributed by atoms with Gasteiger partial charge in [-0.15, -0.1) is 0 Å². The molecule has 0 saturated carbocycles. The lowest BCUT2D eigenvalue weighted by Gasteiger charge is -2.32. The van der Waals surface area contributed by atoms with Gasteiger partial charge in [0.25, 0.3) is 0 Å². The average Bonchev–Trinajstić information content (AvgIpc) is 2.44. The summed E-state index contributed by atoms with van der Waals surface area (Å²) in [5, 5.41) is 3.61. The van der Waals surface area contributed by atoms with E-state index in [-0.39, 0.29) is 0 Å². The maximum absolute atomic E-state index is 3.61. The molecule has 0 saturated heterocycles. The van der Waals surface area contributed by atoms with E-state index >= 15 is 0 Å². The van der Waals surface area contributed by atoms with Gasteiger partial charge >= 0.3 is 0 Å². The molecule has 1 N–H and O–H groups in total. The van der Waals surface area contributed by atoms with Crippen LogP contribution in [0.15, 0.2) is 0 Å². The van der Waals surface area contributed by atoms with Crippen molar-refractivity contribution in [2.45, 2.75) is 72.9 Å². The van der Waals surface area contributed by atoms with Gasteiger partial charge in [-0.2, -0.15) is 0 Å². The number of rotatable bonds is 13. The Morgan fingerprint density at radius 3 is 2.00 bits per heavy atom. The molecule has 0 bridgehead atoms. The second-order valence-corrected chi connectivity index (χ2v) is 6.01. The maximum atomic E-state index is 3.61. The fourth-order valence-electron chi connectivity index (χ4n) is 2.75. The molecule has 0 heterocycles. The smallest absolute Gasteiger partial charge is 0.0220 e. The summed E-state index contributed by atoms with van der Waals surface area (Å²) in [6, 6.07) is 1.29.